The largest absolute Gasteiger partial charge is 0.425 e. The van der Waals surface area contributed by atoms with Crippen LogP contribution in [0.2, 0.25) is 0 Å². The van der Waals surface area contributed by atoms with Gasteiger partial charge in [-0.05, 0) is 25.2 Å². The van der Waals surface area contributed by atoms with Crippen LogP contribution in [0.15, 0.2) is 4.42 Å². The van der Waals surface area contributed by atoms with E-state index in [2.05, 4.69) is 15.5 Å². The zero-order valence-corrected chi connectivity index (χ0v) is 11.0. The molecule has 2 fully saturated rings. The SMILES string of the molecule is C1CCC(CCc2nnc(CCNC3CC3)o2)C1. The van der Waals surface area contributed by atoms with Crippen molar-refractivity contribution in [1.29, 1.82) is 0 Å². The van der Waals surface area contributed by atoms with Gasteiger partial charge in [0.2, 0.25) is 11.8 Å². The molecule has 0 saturated heterocycles. The minimum Gasteiger partial charge on any atom is -0.425 e. The summed E-state index contributed by atoms with van der Waals surface area (Å²) in [6.45, 7) is 0.967. The van der Waals surface area contributed by atoms with Crippen molar-refractivity contribution >= 4 is 0 Å². The number of nitrogens with zero attached hydrogens (tertiary/aromatic N) is 2. The van der Waals surface area contributed by atoms with Crippen molar-refractivity contribution in [1.82, 2.24) is 15.5 Å². The van der Waals surface area contributed by atoms with Gasteiger partial charge in [-0.1, -0.05) is 25.7 Å². The molecule has 2 aliphatic carbocycles. The van der Waals surface area contributed by atoms with Crippen LogP contribution in [0.25, 0.3) is 0 Å². The number of aromatic nitrogens is 2. The lowest BCUT2D eigenvalue weighted by molar-refractivity contribution is 0.413. The van der Waals surface area contributed by atoms with Gasteiger partial charge < -0.3 is 9.73 Å². The van der Waals surface area contributed by atoms with Gasteiger partial charge in [-0.3, -0.25) is 0 Å². The molecule has 1 aromatic heterocycles. The molecule has 100 valence electrons. The van der Waals surface area contributed by atoms with E-state index < -0.39 is 0 Å². The predicted octanol–water partition coefficient (Wildman–Crippen LogP) is 2.49. The van der Waals surface area contributed by atoms with Crippen LogP contribution in [0.1, 0.15) is 56.7 Å². The van der Waals surface area contributed by atoms with E-state index in [1.165, 1.54) is 44.9 Å². The summed E-state index contributed by atoms with van der Waals surface area (Å²) >= 11 is 0. The average Bonchev–Trinajstić information content (AvgIpc) is 2.90. The van der Waals surface area contributed by atoms with Gasteiger partial charge >= 0.3 is 0 Å². The van der Waals surface area contributed by atoms with Crippen molar-refractivity contribution in [2.75, 3.05) is 6.54 Å². The lowest BCUT2D eigenvalue weighted by Crippen LogP contribution is -2.19. The number of rotatable bonds is 7. The zero-order valence-electron chi connectivity index (χ0n) is 11.0. The fourth-order valence-electron chi connectivity index (χ4n) is 2.79. The van der Waals surface area contributed by atoms with Crippen LogP contribution in [0.3, 0.4) is 0 Å². The first-order valence-electron chi connectivity index (χ1n) is 7.45. The summed E-state index contributed by atoms with van der Waals surface area (Å²) in [5.41, 5.74) is 0. The molecule has 4 nitrogen and oxygen atoms in total. The molecule has 1 aromatic rings. The number of aryl methyl sites for hydroxylation is 1. The summed E-state index contributed by atoms with van der Waals surface area (Å²) in [7, 11) is 0. The van der Waals surface area contributed by atoms with Crippen molar-refractivity contribution in [2.45, 2.75) is 63.8 Å². The molecule has 1 heterocycles. The highest BCUT2D eigenvalue weighted by atomic mass is 16.4. The molecule has 2 aliphatic rings. The molecule has 0 amide bonds. The van der Waals surface area contributed by atoms with Crippen LogP contribution in [0, 0.1) is 5.92 Å². The lowest BCUT2D eigenvalue weighted by atomic mass is 10.0. The van der Waals surface area contributed by atoms with Crippen LogP contribution < -0.4 is 5.32 Å². The average molecular weight is 249 g/mol. The Balaban J connectivity index is 1.37. The first-order valence-corrected chi connectivity index (χ1v) is 7.45. The highest BCUT2D eigenvalue weighted by Crippen LogP contribution is 2.28. The van der Waals surface area contributed by atoms with E-state index >= 15 is 0 Å². The Kier molecular flexibility index (Phi) is 3.93. The van der Waals surface area contributed by atoms with Crippen molar-refractivity contribution in [2.24, 2.45) is 5.92 Å². The smallest absolute Gasteiger partial charge is 0.217 e. The normalized spacial score (nSPS) is 20.7. The Labute approximate surface area is 109 Å². The van der Waals surface area contributed by atoms with Gasteiger partial charge in [0, 0.05) is 25.4 Å². The molecule has 0 bridgehead atoms. The minimum absolute atomic E-state index is 0.759. The Hall–Kier alpha value is -0.900. The van der Waals surface area contributed by atoms with Crippen LogP contribution >= 0.6 is 0 Å². The van der Waals surface area contributed by atoms with Crippen LogP contribution in [-0.2, 0) is 12.8 Å². The molecule has 0 aromatic carbocycles. The first-order chi connectivity index (χ1) is 8.90. The van der Waals surface area contributed by atoms with Crippen molar-refractivity contribution in [3.63, 3.8) is 0 Å². The molecule has 0 aliphatic heterocycles. The van der Waals surface area contributed by atoms with Crippen molar-refractivity contribution in [3.05, 3.63) is 11.8 Å². The molecule has 0 spiro atoms. The summed E-state index contributed by atoms with van der Waals surface area (Å²) in [6, 6.07) is 0.759. The molecule has 1 N–H and O–H groups in total. The van der Waals surface area contributed by atoms with Crippen LogP contribution in [-0.4, -0.2) is 22.8 Å². The van der Waals surface area contributed by atoms with E-state index in [0.29, 0.717) is 0 Å². The lowest BCUT2D eigenvalue weighted by Gasteiger charge is -2.04. The van der Waals surface area contributed by atoms with E-state index in [9.17, 15) is 0 Å². The Morgan fingerprint density at radius 3 is 2.44 bits per heavy atom. The first kappa shape index (κ1) is 12.2. The third-order valence-corrected chi connectivity index (χ3v) is 4.10. The van der Waals surface area contributed by atoms with Gasteiger partial charge in [0.25, 0.3) is 0 Å². The summed E-state index contributed by atoms with van der Waals surface area (Å²) in [6.07, 6.45) is 11.3. The number of hydrogen-bond donors (Lipinski definition) is 1. The highest BCUT2D eigenvalue weighted by Gasteiger charge is 2.20. The van der Waals surface area contributed by atoms with Gasteiger partial charge in [-0.2, -0.15) is 0 Å². The zero-order chi connectivity index (χ0) is 12.2. The second kappa shape index (κ2) is 5.83. The third kappa shape index (κ3) is 3.55. The van der Waals surface area contributed by atoms with Gasteiger partial charge in [0.1, 0.15) is 0 Å². The molecule has 2 saturated carbocycles. The fourth-order valence-corrected chi connectivity index (χ4v) is 2.79. The summed E-state index contributed by atoms with van der Waals surface area (Å²) in [4.78, 5) is 0. The summed E-state index contributed by atoms with van der Waals surface area (Å²) in [5.74, 6) is 2.53. The Morgan fingerprint density at radius 2 is 1.72 bits per heavy atom. The Bertz CT molecular complexity index is 367. The minimum atomic E-state index is 0.759. The topological polar surface area (TPSA) is 51.0 Å². The second-order valence-electron chi connectivity index (χ2n) is 5.76. The summed E-state index contributed by atoms with van der Waals surface area (Å²) in [5, 5.41) is 11.7. The predicted molar refractivity (Wildman–Crippen MR) is 69.3 cm³/mol. The van der Waals surface area contributed by atoms with Crippen molar-refractivity contribution < 1.29 is 4.42 Å². The summed E-state index contributed by atoms with van der Waals surface area (Å²) < 4.78 is 5.68. The maximum atomic E-state index is 5.68. The molecule has 0 unspecified atom stereocenters. The molecule has 0 radical (unpaired) electrons. The Morgan fingerprint density at radius 1 is 1.00 bits per heavy atom. The molecule has 3 rings (SSSR count). The van der Waals surface area contributed by atoms with Gasteiger partial charge in [-0.15, -0.1) is 10.2 Å². The maximum absolute atomic E-state index is 5.68. The molecule has 0 atom stereocenters. The van der Waals surface area contributed by atoms with Crippen LogP contribution in [0.5, 0.6) is 0 Å². The third-order valence-electron chi connectivity index (χ3n) is 4.10. The molecule has 18 heavy (non-hydrogen) atoms. The fraction of sp³-hybridized carbons (Fsp3) is 0.857. The second-order valence-corrected chi connectivity index (χ2v) is 5.76. The molecular weight excluding hydrogens is 226 g/mol. The van der Waals surface area contributed by atoms with Crippen LogP contribution in [0.4, 0.5) is 0 Å². The highest BCUT2D eigenvalue weighted by molar-refractivity contribution is 4.86. The number of hydrogen-bond acceptors (Lipinski definition) is 4. The van der Waals surface area contributed by atoms with E-state index in [1.54, 1.807) is 0 Å². The van der Waals surface area contributed by atoms with E-state index in [-0.39, 0.29) is 0 Å². The molecule has 4 heteroatoms. The maximum Gasteiger partial charge on any atom is 0.217 e. The van der Waals surface area contributed by atoms with E-state index in [0.717, 1.165) is 43.1 Å². The number of nitrogens with one attached hydrogen (secondary N) is 1. The van der Waals surface area contributed by atoms with Gasteiger partial charge in [0.15, 0.2) is 0 Å². The van der Waals surface area contributed by atoms with Gasteiger partial charge in [-0.25, -0.2) is 0 Å². The standard InChI is InChI=1S/C14H23N3O/c1-2-4-11(3-1)5-8-13-16-17-14(18-13)9-10-15-12-6-7-12/h11-12,15H,1-10H2. The molecular formula is C14H23N3O. The van der Waals surface area contributed by atoms with Crippen molar-refractivity contribution in [3.8, 4) is 0 Å². The monoisotopic (exact) mass is 249 g/mol. The van der Waals surface area contributed by atoms with E-state index in [4.69, 9.17) is 4.42 Å². The quantitative estimate of drug-likeness (QED) is 0.806. The van der Waals surface area contributed by atoms with E-state index in [1.807, 2.05) is 0 Å². The van der Waals surface area contributed by atoms with Gasteiger partial charge in [0.05, 0.1) is 0 Å².